The van der Waals surface area contributed by atoms with E-state index in [2.05, 4.69) is 27.7 Å². The van der Waals surface area contributed by atoms with E-state index in [1.54, 1.807) is 0 Å². The summed E-state index contributed by atoms with van der Waals surface area (Å²) in [6, 6.07) is 0. The average molecular weight is 152 g/mol. The first kappa shape index (κ1) is 7.64. The molecule has 3 unspecified atom stereocenters. The zero-order valence-electron chi connectivity index (χ0n) is 8.28. The molecule has 0 N–H and O–H groups in total. The molecular weight excluding hydrogens is 132 g/mol. The Morgan fingerprint density at radius 1 is 1.09 bits per heavy atom. The summed E-state index contributed by atoms with van der Waals surface area (Å²) in [5.41, 5.74) is 1.45. The van der Waals surface area contributed by atoms with E-state index in [9.17, 15) is 0 Å². The lowest BCUT2D eigenvalue weighted by molar-refractivity contribution is 0.414. The molecule has 0 nitrogen and oxygen atoms in total. The third-order valence-corrected chi connectivity index (χ3v) is 4.30. The molecule has 0 aromatic rings. The van der Waals surface area contributed by atoms with Gasteiger partial charge in [-0.15, -0.1) is 0 Å². The molecule has 0 heteroatoms. The second kappa shape index (κ2) is 1.84. The lowest BCUT2D eigenvalue weighted by Gasteiger charge is -2.08. The van der Waals surface area contributed by atoms with Crippen LogP contribution < -0.4 is 0 Å². The second-order valence-corrected chi connectivity index (χ2v) is 5.62. The molecular formula is C11H20. The monoisotopic (exact) mass is 152 g/mol. The summed E-state index contributed by atoms with van der Waals surface area (Å²) in [5.74, 6) is 2.16. The van der Waals surface area contributed by atoms with E-state index in [0.29, 0.717) is 5.41 Å². The van der Waals surface area contributed by atoms with Crippen LogP contribution >= 0.6 is 0 Å². The van der Waals surface area contributed by atoms with Crippen LogP contribution in [-0.4, -0.2) is 0 Å². The molecule has 64 valence electrons. The third-order valence-electron chi connectivity index (χ3n) is 4.30. The maximum Gasteiger partial charge on any atom is -0.0294 e. The minimum atomic E-state index is 0.706. The van der Waals surface area contributed by atoms with Crippen molar-refractivity contribution in [2.24, 2.45) is 22.7 Å². The van der Waals surface area contributed by atoms with Gasteiger partial charge in [0.25, 0.3) is 0 Å². The van der Waals surface area contributed by atoms with Crippen molar-refractivity contribution >= 4 is 0 Å². The molecule has 3 atom stereocenters. The van der Waals surface area contributed by atoms with Crippen LogP contribution in [-0.2, 0) is 0 Å². The topological polar surface area (TPSA) is 0 Å². The molecule has 0 bridgehead atoms. The zero-order valence-corrected chi connectivity index (χ0v) is 8.28. The maximum absolute atomic E-state index is 2.46. The number of hydrogen-bond donors (Lipinski definition) is 0. The molecule has 0 aromatic heterocycles. The predicted molar refractivity (Wildman–Crippen MR) is 48.4 cm³/mol. The predicted octanol–water partition coefficient (Wildman–Crippen LogP) is 3.47. The highest BCUT2D eigenvalue weighted by Gasteiger charge is 2.62. The smallest absolute Gasteiger partial charge is 0.0294 e. The molecule has 0 aromatic carbocycles. The van der Waals surface area contributed by atoms with E-state index >= 15 is 0 Å². The van der Waals surface area contributed by atoms with E-state index in [1.807, 2.05) is 0 Å². The van der Waals surface area contributed by atoms with Crippen molar-refractivity contribution in [1.82, 2.24) is 0 Å². The minimum Gasteiger partial charge on any atom is -0.0649 e. The lowest BCUT2D eigenvalue weighted by Crippen LogP contribution is -2.00. The van der Waals surface area contributed by atoms with E-state index in [0.717, 1.165) is 17.3 Å². The molecule has 0 saturated heterocycles. The SMILES string of the molecule is CCC1(C)CC1C1CC1(C)C. The van der Waals surface area contributed by atoms with Crippen molar-refractivity contribution in [3.63, 3.8) is 0 Å². The molecule has 2 saturated carbocycles. The molecule has 2 fully saturated rings. The Kier molecular flexibility index (Phi) is 1.28. The van der Waals surface area contributed by atoms with Crippen molar-refractivity contribution in [3.8, 4) is 0 Å². The Balaban J connectivity index is 1.94. The van der Waals surface area contributed by atoms with Crippen LogP contribution in [0.5, 0.6) is 0 Å². The van der Waals surface area contributed by atoms with E-state index in [1.165, 1.54) is 19.3 Å². The van der Waals surface area contributed by atoms with Crippen LogP contribution in [0.4, 0.5) is 0 Å². The van der Waals surface area contributed by atoms with Crippen molar-refractivity contribution in [2.75, 3.05) is 0 Å². The van der Waals surface area contributed by atoms with Gasteiger partial charge < -0.3 is 0 Å². The van der Waals surface area contributed by atoms with Crippen molar-refractivity contribution in [3.05, 3.63) is 0 Å². The average Bonchev–Trinajstić information content (AvgIpc) is 2.73. The van der Waals surface area contributed by atoms with Gasteiger partial charge in [-0.2, -0.15) is 0 Å². The molecule has 0 heterocycles. The quantitative estimate of drug-likeness (QED) is 0.568. The van der Waals surface area contributed by atoms with E-state index in [4.69, 9.17) is 0 Å². The van der Waals surface area contributed by atoms with Crippen molar-refractivity contribution < 1.29 is 0 Å². The summed E-state index contributed by atoms with van der Waals surface area (Å²) in [4.78, 5) is 0. The van der Waals surface area contributed by atoms with Gasteiger partial charge in [-0.25, -0.2) is 0 Å². The highest BCUT2D eigenvalue weighted by molar-refractivity contribution is 5.11. The van der Waals surface area contributed by atoms with Gasteiger partial charge in [0.05, 0.1) is 0 Å². The first-order chi connectivity index (χ1) is 4.99. The van der Waals surface area contributed by atoms with Gasteiger partial charge in [-0.1, -0.05) is 34.1 Å². The first-order valence-electron chi connectivity index (χ1n) is 4.99. The minimum absolute atomic E-state index is 0.706. The van der Waals surface area contributed by atoms with Gasteiger partial charge >= 0.3 is 0 Å². The first-order valence-corrected chi connectivity index (χ1v) is 4.99. The Morgan fingerprint density at radius 2 is 1.64 bits per heavy atom. The van der Waals surface area contributed by atoms with Crippen LogP contribution in [0.3, 0.4) is 0 Å². The molecule has 0 aliphatic heterocycles. The van der Waals surface area contributed by atoms with Gasteiger partial charge in [0.15, 0.2) is 0 Å². The summed E-state index contributed by atoms with van der Waals surface area (Å²) in [6.45, 7) is 9.65. The Hall–Kier alpha value is 0. The summed E-state index contributed by atoms with van der Waals surface area (Å²) in [5, 5.41) is 0. The van der Waals surface area contributed by atoms with Crippen molar-refractivity contribution in [1.29, 1.82) is 0 Å². The summed E-state index contributed by atoms with van der Waals surface area (Å²) >= 11 is 0. The van der Waals surface area contributed by atoms with Crippen LogP contribution in [0.25, 0.3) is 0 Å². The molecule has 2 aliphatic rings. The fourth-order valence-corrected chi connectivity index (χ4v) is 2.67. The standard InChI is InChI=1S/C11H20/c1-5-11(4)7-9(11)8-6-10(8,2)3/h8-9H,5-7H2,1-4H3. The summed E-state index contributed by atoms with van der Waals surface area (Å²) in [6.07, 6.45) is 4.40. The maximum atomic E-state index is 2.46. The summed E-state index contributed by atoms with van der Waals surface area (Å²) < 4.78 is 0. The van der Waals surface area contributed by atoms with Crippen LogP contribution in [0.2, 0.25) is 0 Å². The van der Waals surface area contributed by atoms with Gasteiger partial charge in [0, 0.05) is 0 Å². The van der Waals surface area contributed by atoms with Gasteiger partial charge in [0.1, 0.15) is 0 Å². The molecule has 0 spiro atoms. The zero-order chi connectivity index (χ0) is 8.28. The normalized spacial score (nSPS) is 52.4. The van der Waals surface area contributed by atoms with E-state index < -0.39 is 0 Å². The molecule has 2 rings (SSSR count). The van der Waals surface area contributed by atoms with Crippen LogP contribution in [0.15, 0.2) is 0 Å². The summed E-state index contributed by atoms with van der Waals surface area (Å²) in [7, 11) is 0. The van der Waals surface area contributed by atoms with Crippen LogP contribution in [0.1, 0.15) is 47.0 Å². The van der Waals surface area contributed by atoms with Crippen LogP contribution in [0, 0.1) is 22.7 Å². The fourth-order valence-electron chi connectivity index (χ4n) is 2.67. The van der Waals surface area contributed by atoms with Gasteiger partial charge in [-0.05, 0) is 35.5 Å². The Morgan fingerprint density at radius 3 is 1.91 bits per heavy atom. The second-order valence-electron chi connectivity index (χ2n) is 5.62. The Bertz CT molecular complexity index is 180. The van der Waals surface area contributed by atoms with Gasteiger partial charge in [0.2, 0.25) is 0 Å². The highest BCUT2D eigenvalue weighted by Crippen LogP contribution is 2.70. The molecule has 11 heavy (non-hydrogen) atoms. The molecule has 2 aliphatic carbocycles. The largest absolute Gasteiger partial charge is 0.0649 e. The molecule has 0 radical (unpaired) electrons. The van der Waals surface area contributed by atoms with Crippen molar-refractivity contribution in [2.45, 2.75) is 47.0 Å². The highest BCUT2D eigenvalue weighted by atomic mass is 14.7. The number of rotatable bonds is 2. The lowest BCUT2D eigenvalue weighted by atomic mass is 9.97. The fraction of sp³-hybridized carbons (Fsp3) is 1.00. The van der Waals surface area contributed by atoms with E-state index in [-0.39, 0.29) is 0 Å². The third kappa shape index (κ3) is 1.02. The Labute approximate surface area is 70.4 Å². The van der Waals surface area contributed by atoms with Gasteiger partial charge in [-0.3, -0.25) is 0 Å². The molecule has 0 amide bonds. The number of hydrogen-bond acceptors (Lipinski definition) is 0.